The lowest BCUT2D eigenvalue weighted by Crippen LogP contribution is -2.52. The number of fused-ring (bicyclic) bond motifs is 1. The first-order valence-corrected chi connectivity index (χ1v) is 11.2. The minimum absolute atomic E-state index is 0.0200. The fourth-order valence-electron chi connectivity index (χ4n) is 4.08. The highest BCUT2D eigenvalue weighted by Gasteiger charge is 2.42. The van der Waals surface area contributed by atoms with E-state index in [2.05, 4.69) is 38.2 Å². The van der Waals surface area contributed by atoms with Crippen molar-refractivity contribution in [1.29, 1.82) is 0 Å². The molecule has 0 radical (unpaired) electrons. The average molecular weight is 401 g/mol. The van der Waals surface area contributed by atoms with E-state index < -0.39 is 0 Å². The van der Waals surface area contributed by atoms with Crippen LogP contribution in [0.5, 0.6) is 0 Å². The van der Waals surface area contributed by atoms with Crippen LogP contribution in [0.25, 0.3) is 6.08 Å². The highest BCUT2D eigenvalue weighted by Crippen LogP contribution is 2.43. The lowest BCUT2D eigenvalue weighted by molar-refractivity contribution is -0.131. The zero-order valence-electron chi connectivity index (χ0n) is 17.4. The van der Waals surface area contributed by atoms with Crippen molar-refractivity contribution < 1.29 is 9.59 Å². The predicted octanol–water partition coefficient (Wildman–Crippen LogP) is 4.24. The van der Waals surface area contributed by atoms with Crippen LogP contribution in [0.15, 0.2) is 29.2 Å². The van der Waals surface area contributed by atoms with Gasteiger partial charge in [-0.25, -0.2) is 0 Å². The molecule has 0 aromatic heterocycles. The van der Waals surface area contributed by atoms with Gasteiger partial charge in [-0.1, -0.05) is 43.7 Å². The van der Waals surface area contributed by atoms with Gasteiger partial charge in [0.05, 0.1) is 4.91 Å². The second kappa shape index (κ2) is 9.17. The molecule has 1 aliphatic heterocycles. The molecule has 28 heavy (non-hydrogen) atoms. The van der Waals surface area contributed by atoms with Gasteiger partial charge in [0.1, 0.15) is 0 Å². The van der Waals surface area contributed by atoms with Gasteiger partial charge in [-0.2, -0.15) is 0 Å². The molecule has 152 valence electrons. The fourth-order valence-corrected chi connectivity index (χ4v) is 5.56. The quantitative estimate of drug-likeness (QED) is 0.752. The zero-order valence-corrected chi connectivity index (χ0v) is 18.2. The monoisotopic (exact) mass is 400 g/mol. The number of rotatable bonds is 5. The lowest BCUT2D eigenvalue weighted by atomic mass is 9.83. The van der Waals surface area contributed by atoms with E-state index in [4.69, 9.17) is 0 Å². The summed E-state index contributed by atoms with van der Waals surface area (Å²) in [6, 6.07) is 8.37. The second-order valence-corrected chi connectivity index (χ2v) is 9.83. The largest absolute Gasteiger partial charge is 0.356 e. The Morgan fingerprint density at radius 1 is 1.36 bits per heavy atom. The minimum Gasteiger partial charge on any atom is -0.356 e. The zero-order chi connectivity index (χ0) is 20.3. The van der Waals surface area contributed by atoms with E-state index in [1.165, 1.54) is 5.56 Å². The number of amides is 2. The maximum atomic E-state index is 12.9. The highest BCUT2D eigenvalue weighted by atomic mass is 32.2. The fraction of sp³-hybridized carbons (Fsp3) is 0.565. The molecule has 1 aromatic rings. The van der Waals surface area contributed by atoms with Crippen molar-refractivity contribution in [1.82, 2.24) is 10.2 Å². The summed E-state index contributed by atoms with van der Waals surface area (Å²) in [5, 5.41) is 3.47. The molecule has 1 aliphatic carbocycles. The molecule has 1 saturated heterocycles. The van der Waals surface area contributed by atoms with Crippen LogP contribution in [0, 0.1) is 18.8 Å². The number of likely N-dealkylation sites (N-methyl/N-ethyl adjacent to an activating group) is 1. The topological polar surface area (TPSA) is 49.4 Å². The lowest BCUT2D eigenvalue weighted by Gasteiger charge is -2.44. The van der Waals surface area contributed by atoms with Crippen LogP contribution in [0.4, 0.5) is 0 Å². The number of aryl methyl sites for hydroxylation is 1. The Morgan fingerprint density at radius 3 is 2.86 bits per heavy atom. The van der Waals surface area contributed by atoms with Crippen LogP contribution < -0.4 is 5.32 Å². The third-order valence-corrected chi connectivity index (χ3v) is 7.19. The first-order valence-electron chi connectivity index (χ1n) is 10.3. The van der Waals surface area contributed by atoms with Gasteiger partial charge in [0.2, 0.25) is 5.91 Å². The molecule has 4 nitrogen and oxygen atoms in total. The van der Waals surface area contributed by atoms with Crippen molar-refractivity contribution in [3.8, 4) is 0 Å². The molecular weight excluding hydrogens is 368 g/mol. The smallest absolute Gasteiger partial charge is 0.260 e. The summed E-state index contributed by atoms with van der Waals surface area (Å²) in [6.07, 6.45) is 5.66. The van der Waals surface area contributed by atoms with Gasteiger partial charge in [-0.15, -0.1) is 11.8 Å². The van der Waals surface area contributed by atoms with Crippen LogP contribution in [-0.4, -0.2) is 41.6 Å². The summed E-state index contributed by atoms with van der Waals surface area (Å²) < 4.78 is 0. The molecule has 3 unspecified atom stereocenters. The molecule has 3 rings (SSSR count). The number of hydrogen-bond donors (Lipinski definition) is 1. The van der Waals surface area contributed by atoms with Crippen molar-refractivity contribution in [2.24, 2.45) is 11.8 Å². The van der Waals surface area contributed by atoms with Gasteiger partial charge >= 0.3 is 0 Å². The molecule has 1 saturated carbocycles. The number of nitrogens with zero attached hydrogens (tertiary/aromatic N) is 1. The Labute approximate surface area is 173 Å². The Bertz CT molecular complexity index is 759. The first kappa shape index (κ1) is 21.0. The molecule has 2 fully saturated rings. The van der Waals surface area contributed by atoms with E-state index in [0.29, 0.717) is 11.2 Å². The standard InChI is InChI=1S/C23H32N2O2S/c1-15(2)10-11-24-22(26)18-8-9-20-19(14-18)25(4)23(27)21(28-20)13-17-7-5-6-16(3)12-17/h5-7,12-13,15,18-20H,8-11,14H2,1-4H3,(H,24,26)/b21-13-. The normalized spacial score (nSPS) is 26.5. The van der Waals surface area contributed by atoms with Crippen LogP contribution in [0.3, 0.4) is 0 Å². The Hall–Kier alpha value is -1.75. The van der Waals surface area contributed by atoms with E-state index in [0.717, 1.165) is 42.7 Å². The number of carbonyl (C=O) groups is 2. The Morgan fingerprint density at radius 2 is 2.14 bits per heavy atom. The van der Waals surface area contributed by atoms with E-state index in [9.17, 15) is 9.59 Å². The predicted molar refractivity (Wildman–Crippen MR) is 117 cm³/mol. The average Bonchev–Trinajstić information content (AvgIpc) is 2.65. The van der Waals surface area contributed by atoms with Gasteiger partial charge in [0.25, 0.3) is 5.91 Å². The highest BCUT2D eigenvalue weighted by molar-refractivity contribution is 8.04. The third-order valence-electron chi connectivity index (χ3n) is 5.79. The number of benzene rings is 1. The number of carbonyl (C=O) groups excluding carboxylic acids is 2. The van der Waals surface area contributed by atoms with Crippen LogP contribution >= 0.6 is 11.8 Å². The van der Waals surface area contributed by atoms with Crippen LogP contribution in [-0.2, 0) is 9.59 Å². The molecular formula is C23H32N2O2S. The molecule has 1 N–H and O–H groups in total. The number of thioether (sulfide) groups is 1. The van der Waals surface area contributed by atoms with Gasteiger partial charge in [-0.3, -0.25) is 9.59 Å². The molecule has 1 heterocycles. The number of hydrogen-bond acceptors (Lipinski definition) is 3. The summed E-state index contributed by atoms with van der Waals surface area (Å²) in [4.78, 5) is 28.2. The van der Waals surface area contributed by atoms with Gasteiger partial charge in [0.15, 0.2) is 0 Å². The first-order chi connectivity index (χ1) is 13.3. The van der Waals surface area contributed by atoms with Crippen molar-refractivity contribution >= 4 is 29.7 Å². The van der Waals surface area contributed by atoms with Gasteiger partial charge in [0, 0.05) is 30.8 Å². The van der Waals surface area contributed by atoms with E-state index in [1.807, 2.05) is 30.2 Å². The summed E-state index contributed by atoms with van der Waals surface area (Å²) in [5.74, 6) is 0.847. The van der Waals surface area contributed by atoms with E-state index in [-0.39, 0.29) is 23.8 Å². The van der Waals surface area contributed by atoms with Crippen molar-refractivity contribution in [3.63, 3.8) is 0 Å². The molecule has 0 spiro atoms. The van der Waals surface area contributed by atoms with Crippen molar-refractivity contribution in [2.75, 3.05) is 13.6 Å². The summed E-state index contributed by atoms with van der Waals surface area (Å²) in [6.45, 7) is 7.14. The van der Waals surface area contributed by atoms with Crippen molar-refractivity contribution in [2.45, 2.75) is 57.7 Å². The maximum absolute atomic E-state index is 12.9. The summed E-state index contributed by atoms with van der Waals surface area (Å²) in [5.41, 5.74) is 2.26. The summed E-state index contributed by atoms with van der Waals surface area (Å²) >= 11 is 1.70. The van der Waals surface area contributed by atoms with Crippen LogP contribution in [0.2, 0.25) is 0 Å². The third kappa shape index (κ3) is 4.99. The summed E-state index contributed by atoms with van der Waals surface area (Å²) in [7, 11) is 1.89. The number of nitrogens with one attached hydrogen (secondary N) is 1. The van der Waals surface area contributed by atoms with Gasteiger partial charge in [-0.05, 0) is 50.2 Å². The Balaban J connectivity index is 1.65. The molecule has 2 amide bonds. The minimum atomic E-state index is 0.0200. The van der Waals surface area contributed by atoms with E-state index in [1.54, 1.807) is 11.8 Å². The molecule has 1 aromatic carbocycles. The SMILES string of the molecule is Cc1cccc(/C=C2\SC3CCC(C(=O)NCCC(C)C)CC3N(C)C2=O)c1. The van der Waals surface area contributed by atoms with Crippen molar-refractivity contribution in [3.05, 3.63) is 40.3 Å². The molecule has 0 bridgehead atoms. The molecule has 3 atom stereocenters. The van der Waals surface area contributed by atoms with Gasteiger partial charge < -0.3 is 10.2 Å². The maximum Gasteiger partial charge on any atom is 0.260 e. The second-order valence-electron chi connectivity index (χ2n) is 8.55. The molecule has 2 aliphatic rings. The van der Waals surface area contributed by atoms with Crippen LogP contribution in [0.1, 0.15) is 50.7 Å². The molecule has 5 heteroatoms. The Kier molecular flexibility index (Phi) is 6.86. The van der Waals surface area contributed by atoms with E-state index >= 15 is 0 Å².